The number of hydrogen-bond donors (Lipinski definition) is 1. The van der Waals surface area contributed by atoms with Gasteiger partial charge in [-0.1, -0.05) is 18.2 Å². The number of nitrogens with zero attached hydrogens (tertiary/aromatic N) is 2. The van der Waals surface area contributed by atoms with Gasteiger partial charge < -0.3 is 5.11 Å². The summed E-state index contributed by atoms with van der Waals surface area (Å²) in [5, 5.41) is 15.0. The summed E-state index contributed by atoms with van der Waals surface area (Å²) < 4.78 is 38.2. The van der Waals surface area contributed by atoms with Crippen LogP contribution in [-0.2, 0) is 13.0 Å². The van der Waals surface area contributed by atoms with Crippen LogP contribution in [0, 0.1) is 0 Å². The van der Waals surface area contributed by atoms with Crippen LogP contribution >= 0.6 is 0 Å². The summed E-state index contributed by atoms with van der Waals surface area (Å²) in [7, 11) is 0. The molecule has 0 amide bonds. The van der Waals surface area contributed by atoms with Gasteiger partial charge in [0, 0.05) is 24.8 Å². The number of aliphatic hydroxyl groups is 1. The van der Waals surface area contributed by atoms with Gasteiger partial charge in [0.2, 0.25) is 0 Å². The Hall–Kier alpha value is -1.56. The van der Waals surface area contributed by atoms with Crippen molar-refractivity contribution in [2.45, 2.75) is 45.0 Å². The zero-order chi connectivity index (χ0) is 14.8. The molecule has 6 heteroatoms. The quantitative estimate of drug-likeness (QED) is 0.915. The monoisotopic (exact) mass is 286 g/mol. The Labute approximate surface area is 115 Å². The van der Waals surface area contributed by atoms with Crippen molar-refractivity contribution in [2.24, 2.45) is 0 Å². The van der Waals surface area contributed by atoms with E-state index in [1.54, 1.807) is 4.68 Å². The molecule has 2 rings (SSSR count). The van der Waals surface area contributed by atoms with Crippen LogP contribution in [0.3, 0.4) is 0 Å². The van der Waals surface area contributed by atoms with Gasteiger partial charge in [0.15, 0.2) is 0 Å². The predicted molar refractivity (Wildman–Crippen MR) is 70.4 cm³/mol. The molecule has 0 fully saturated rings. The molecule has 1 atom stereocenters. The molecule has 0 saturated heterocycles. The summed E-state index contributed by atoms with van der Waals surface area (Å²) in [5.41, 5.74) is 1.59. The van der Waals surface area contributed by atoms with Crippen molar-refractivity contribution in [3.05, 3.63) is 30.0 Å². The van der Waals surface area contributed by atoms with Crippen molar-refractivity contribution in [1.82, 2.24) is 9.78 Å². The van der Waals surface area contributed by atoms with Crippen LogP contribution in [0.15, 0.2) is 24.3 Å². The van der Waals surface area contributed by atoms with Crippen LogP contribution in [0.2, 0.25) is 0 Å². The molecule has 0 spiro atoms. The van der Waals surface area contributed by atoms with Crippen molar-refractivity contribution in [2.75, 3.05) is 0 Å². The fourth-order valence-electron chi connectivity index (χ4n) is 2.24. The Bertz CT molecular complexity index is 577. The van der Waals surface area contributed by atoms with E-state index in [9.17, 15) is 18.3 Å². The number of para-hydroxylation sites is 1. The third kappa shape index (κ3) is 3.50. The number of hydrogen-bond acceptors (Lipinski definition) is 2. The molecule has 20 heavy (non-hydrogen) atoms. The molecule has 1 aromatic heterocycles. The van der Waals surface area contributed by atoms with Crippen LogP contribution in [0.5, 0.6) is 0 Å². The smallest absolute Gasteiger partial charge is 0.389 e. The first-order chi connectivity index (χ1) is 9.40. The largest absolute Gasteiger partial charge is 0.393 e. The SMILES string of the molecule is CCn1nc(CC(O)CCC(F)(F)F)c2ccccc21. The van der Waals surface area contributed by atoms with E-state index in [0.29, 0.717) is 12.2 Å². The van der Waals surface area contributed by atoms with Crippen molar-refractivity contribution in [3.8, 4) is 0 Å². The van der Waals surface area contributed by atoms with Gasteiger partial charge in [0.25, 0.3) is 0 Å². The molecule has 1 unspecified atom stereocenters. The second-order valence-corrected chi connectivity index (χ2v) is 4.79. The number of fused-ring (bicyclic) bond motifs is 1. The number of rotatable bonds is 5. The highest BCUT2D eigenvalue weighted by atomic mass is 19.4. The Kier molecular flexibility index (Phi) is 4.32. The van der Waals surface area contributed by atoms with Gasteiger partial charge in [0.1, 0.15) is 0 Å². The van der Waals surface area contributed by atoms with Gasteiger partial charge in [-0.2, -0.15) is 18.3 Å². The molecule has 110 valence electrons. The third-order valence-electron chi connectivity index (χ3n) is 3.22. The second-order valence-electron chi connectivity index (χ2n) is 4.79. The van der Waals surface area contributed by atoms with E-state index in [2.05, 4.69) is 5.10 Å². The predicted octanol–water partition coefficient (Wildman–Crippen LogP) is 3.30. The molecule has 1 N–H and O–H groups in total. The normalized spacial score (nSPS) is 13.8. The lowest BCUT2D eigenvalue weighted by Gasteiger charge is -2.11. The van der Waals surface area contributed by atoms with Crippen LogP contribution in [0.1, 0.15) is 25.5 Å². The van der Waals surface area contributed by atoms with Gasteiger partial charge in [-0.15, -0.1) is 0 Å². The number of aryl methyl sites for hydroxylation is 1. The Balaban J connectivity index is 2.13. The first-order valence-electron chi connectivity index (χ1n) is 6.60. The minimum absolute atomic E-state index is 0.142. The van der Waals surface area contributed by atoms with Gasteiger partial charge in [-0.25, -0.2) is 0 Å². The van der Waals surface area contributed by atoms with Crippen molar-refractivity contribution >= 4 is 10.9 Å². The number of halogens is 3. The van der Waals surface area contributed by atoms with Crippen LogP contribution in [-0.4, -0.2) is 27.2 Å². The summed E-state index contributed by atoms with van der Waals surface area (Å²) >= 11 is 0. The molecule has 0 bridgehead atoms. The van der Waals surface area contributed by atoms with E-state index in [-0.39, 0.29) is 12.8 Å². The highest BCUT2D eigenvalue weighted by Crippen LogP contribution is 2.24. The van der Waals surface area contributed by atoms with Crippen molar-refractivity contribution in [1.29, 1.82) is 0 Å². The van der Waals surface area contributed by atoms with Crippen LogP contribution < -0.4 is 0 Å². The van der Waals surface area contributed by atoms with E-state index in [0.717, 1.165) is 10.9 Å². The molecule has 1 heterocycles. The molecule has 0 aliphatic heterocycles. The van der Waals surface area contributed by atoms with E-state index >= 15 is 0 Å². The zero-order valence-electron chi connectivity index (χ0n) is 11.2. The lowest BCUT2D eigenvalue weighted by atomic mass is 10.1. The summed E-state index contributed by atoms with van der Waals surface area (Å²) in [6.45, 7) is 2.63. The standard InChI is InChI=1S/C14H17F3N2O/c1-2-19-13-6-4-3-5-11(13)12(18-19)9-10(20)7-8-14(15,16)17/h3-6,10,20H,2,7-9H2,1H3. The first-order valence-corrected chi connectivity index (χ1v) is 6.60. The average molecular weight is 286 g/mol. The molecular formula is C14H17F3N2O. The van der Waals surface area contributed by atoms with E-state index < -0.39 is 18.7 Å². The highest BCUT2D eigenvalue weighted by molar-refractivity contribution is 5.81. The Morgan fingerprint density at radius 1 is 1.30 bits per heavy atom. The van der Waals surface area contributed by atoms with Gasteiger partial charge in [-0.3, -0.25) is 4.68 Å². The Morgan fingerprint density at radius 2 is 2.00 bits per heavy atom. The molecule has 0 saturated carbocycles. The van der Waals surface area contributed by atoms with Crippen LogP contribution in [0.4, 0.5) is 13.2 Å². The molecular weight excluding hydrogens is 269 g/mol. The van der Waals surface area contributed by atoms with Gasteiger partial charge in [-0.05, 0) is 19.4 Å². The summed E-state index contributed by atoms with van der Waals surface area (Å²) in [5.74, 6) is 0. The lowest BCUT2D eigenvalue weighted by Crippen LogP contribution is -2.16. The van der Waals surface area contributed by atoms with Gasteiger partial charge in [0.05, 0.1) is 17.3 Å². The van der Waals surface area contributed by atoms with Crippen molar-refractivity contribution in [3.63, 3.8) is 0 Å². The molecule has 0 radical (unpaired) electrons. The number of aliphatic hydroxyl groups excluding tert-OH is 1. The van der Waals surface area contributed by atoms with E-state index in [1.165, 1.54) is 0 Å². The average Bonchev–Trinajstić information content (AvgIpc) is 2.74. The summed E-state index contributed by atoms with van der Waals surface area (Å²) in [6.07, 6.45) is -6.38. The summed E-state index contributed by atoms with van der Waals surface area (Å²) in [4.78, 5) is 0. The molecule has 0 aliphatic carbocycles. The first kappa shape index (κ1) is 14.8. The molecule has 3 nitrogen and oxygen atoms in total. The Morgan fingerprint density at radius 3 is 2.65 bits per heavy atom. The number of aromatic nitrogens is 2. The van der Waals surface area contributed by atoms with E-state index in [1.807, 2.05) is 31.2 Å². The maximum Gasteiger partial charge on any atom is 0.389 e. The maximum absolute atomic E-state index is 12.1. The zero-order valence-corrected chi connectivity index (χ0v) is 11.2. The van der Waals surface area contributed by atoms with E-state index in [4.69, 9.17) is 0 Å². The number of benzene rings is 1. The molecule has 0 aliphatic rings. The molecule has 2 aromatic rings. The van der Waals surface area contributed by atoms with Crippen molar-refractivity contribution < 1.29 is 18.3 Å². The molecule has 1 aromatic carbocycles. The summed E-state index contributed by atoms with van der Waals surface area (Å²) in [6, 6.07) is 7.54. The fraction of sp³-hybridized carbons (Fsp3) is 0.500. The highest BCUT2D eigenvalue weighted by Gasteiger charge is 2.28. The number of alkyl halides is 3. The minimum Gasteiger partial charge on any atom is -0.393 e. The third-order valence-corrected chi connectivity index (χ3v) is 3.22. The maximum atomic E-state index is 12.1. The lowest BCUT2D eigenvalue weighted by molar-refractivity contribution is -0.139. The topological polar surface area (TPSA) is 38.0 Å². The fourth-order valence-corrected chi connectivity index (χ4v) is 2.24. The second kappa shape index (κ2) is 5.83. The van der Waals surface area contributed by atoms with Gasteiger partial charge >= 0.3 is 6.18 Å². The minimum atomic E-state index is -4.23. The van der Waals surface area contributed by atoms with Crippen LogP contribution in [0.25, 0.3) is 10.9 Å².